The van der Waals surface area contributed by atoms with E-state index in [2.05, 4.69) is 10.5 Å². The summed E-state index contributed by atoms with van der Waals surface area (Å²) in [4.78, 5) is 0. The Labute approximate surface area is 96.3 Å². The van der Waals surface area contributed by atoms with Crippen LogP contribution < -0.4 is 11.1 Å². The lowest BCUT2D eigenvalue weighted by molar-refractivity contribution is 0.316. The maximum absolute atomic E-state index is 8.41. The molecule has 4 N–H and O–H groups in total. The fourth-order valence-corrected chi connectivity index (χ4v) is 4.19. The Hall–Kier alpha value is -0.770. The molecule has 3 rings (SSSR count). The van der Waals surface area contributed by atoms with Crippen LogP contribution in [0.1, 0.15) is 32.1 Å². The Kier molecular flexibility index (Phi) is 2.54. The normalized spacial score (nSPS) is 44.8. The number of hydrogen-bond acceptors (Lipinski definition) is 3. The summed E-state index contributed by atoms with van der Waals surface area (Å²) in [6.45, 7) is 1.01. The molecule has 16 heavy (non-hydrogen) atoms. The van der Waals surface area contributed by atoms with E-state index in [1.54, 1.807) is 0 Å². The number of oxime groups is 1. The van der Waals surface area contributed by atoms with E-state index in [1.165, 1.54) is 19.3 Å². The van der Waals surface area contributed by atoms with Gasteiger partial charge in [0.05, 0.1) is 0 Å². The van der Waals surface area contributed by atoms with Crippen molar-refractivity contribution in [1.29, 1.82) is 0 Å². The van der Waals surface area contributed by atoms with Crippen LogP contribution in [-0.2, 0) is 0 Å². The molecule has 0 aliphatic heterocycles. The largest absolute Gasteiger partial charge is 0.409 e. The Balaban J connectivity index is 1.36. The molecule has 4 nitrogen and oxygen atoms in total. The summed E-state index contributed by atoms with van der Waals surface area (Å²) in [5, 5.41) is 15.0. The van der Waals surface area contributed by atoms with Crippen LogP contribution in [0.15, 0.2) is 5.16 Å². The van der Waals surface area contributed by atoms with Gasteiger partial charge in [-0.3, -0.25) is 0 Å². The predicted octanol–water partition coefficient (Wildman–Crippen LogP) is 1.15. The molecule has 4 atom stereocenters. The van der Waals surface area contributed by atoms with Crippen LogP contribution in [0.25, 0.3) is 0 Å². The number of rotatable bonds is 5. The van der Waals surface area contributed by atoms with Gasteiger partial charge in [-0.1, -0.05) is 5.16 Å². The molecule has 0 aromatic heterocycles. The van der Waals surface area contributed by atoms with Crippen molar-refractivity contribution in [3.8, 4) is 0 Å². The number of nitrogens with two attached hydrogens (primary N) is 1. The maximum Gasteiger partial charge on any atom is 0.139 e. The van der Waals surface area contributed by atoms with Crippen LogP contribution in [-0.4, -0.2) is 23.6 Å². The summed E-state index contributed by atoms with van der Waals surface area (Å²) in [6.07, 6.45) is 6.14. The highest BCUT2D eigenvalue weighted by Gasteiger charge is 2.64. The quantitative estimate of drug-likeness (QED) is 0.215. The average Bonchev–Trinajstić information content (AvgIpc) is 2.71. The highest BCUT2D eigenvalue weighted by atomic mass is 16.4. The smallest absolute Gasteiger partial charge is 0.139 e. The maximum atomic E-state index is 8.41. The summed E-state index contributed by atoms with van der Waals surface area (Å²) in [6, 6.07) is 0.804. The van der Waals surface area contributed by atoms with Crippen molar-refractivity contribution in [2.75, 3.05) is 6.54 Å². The van der Waals surface area contributed by atoms with Gasteiger partial charge >= 0.3 is 0 Å². The van der Waals surface area contributed by atoms with Crippen LogP contribution in [0.2, 0.25) is 0 Å². The molecule has 0 radical (unpaired) electrons. The fraction of sp³-hybridized carbons (Fsp3) is 0.917. The lowest BCUT2D eigenvalue weighted by atomic mass is 10.0. The highest BCUT2D eigenvalue weighted by molar-refractivity contribution is 5.79. The Morgan fingerprint density at radius 1 is 1.31 bits per heavy atom. The fourth-order valence-electron chi connectivity index (χ4n) is 4.19. The van der Waals surface area contributed by atoms with Crippen molar-refractivity contribution >= 4 is 5.84 Å². The molecule has 0 heterocycles. The van der Waals surface area contributed by atoms with Crippen molar-refractivity contribution < 1.29 is 5.21 Å². The Morgan fingerprint density at radius 3 is 2.62 bits per heavy atom. The molecule has 0 aromatic carbocycles. The van der Waals surface area contributed by atoms with E-state index >= 15 is 0 Å². The summed E-state index contributed by atoms with van der Waals surface area (Å²) in [5.41, 5.74) is 5.42. The minimum absolute atomic E-state index is 0.345. The van der Waals surface area contributed by atoms with Gasteiger partial charge in [0.25, 0.3) is 0 Å². The summed E-state index contributed by atoms with van der Waals surface area (Å²) >= 11 is 0. The second kappa shape index (κ2) is 3.91. The van der Waals surface area contributed by atoms with E-state index in [1.807, 2.05) is 0 Å². The number of fused-ring (bicyclic) bond motifs is 5. The van der Waals surface area contributed by atoms with Crippen molar-refractivity contribution in [1.82, 2.24) is 5.32 Å². The van der Waals surface area contributed by atoms with Gasteiger partial charge in [0.1, 0.15) is 5.84 Å². The second-order valence-corrected chi connectivity index (χ2v) is 5.66. The van der Waals surface area contributed by atoms with E-state index in [0.717, 1.165) is 42.7 Å². The zero-order chi connectivity index (χ0) is 11.1. The SMILES string of the molecule is NC(CCCNC1C2C3CCC(C3)C12)=NO. The summed E-state index contributed by atoms with van der Waals surface area (Å²) in [7, 11) is 0. The van der Waals surface area contributed by atoms with Gasteiger partial charge in [0.2, 0.25) is 0 Å². The van der Waals surface area contributed by atoms with Crippen LogP contribution >= 0.6 is 0 Å². The van der Waals surface area contributed by atoms with Crippen LogP contribution in [0.3, 0.4) is 0 Å². The molecule has 90 valence electrons. The van der Waals surface area contributed by atoms with Crippen molar-refractivity contribution in [3.63, 3.8) is 0 Å². The van der Waals surface area contributed by atoms with Gasteiger partial charge in [0, 0.05) is 12.5 Å². The van der Waals surface area contributed by atoms with Gasteiger partial charge in [-0.05, 0) is 55.9 Å². The molecule has 0 amide bonds. The zero-order valence-electron chi connectivity index (χ0n) is 9.60. The molecule has 3 fully saturated rings. The molecule has 0 spiro atoms. The molecule has 3 aliphatic rings. The minimum atomic E-state index is 0.345. The minimum Gasteiger partial charge on any atom is -0.409 e. The zero-order valence-corrected chi connectivity index (χ0v) is 9.60. The summed E-state index contributed by atoms with van der Waals surface area (Å²) < 4.78 is 0. The molecule has 0 saturated heterocycles. The Morgan fingerprint density at radius 2 is 2.00 bits per heavy atom. The lowest BCUT2D eigenvalue weighted by Gasteiger charge is -2.10. The van der Waals surface area contributed by atoms with E-state index < -0.39 is 0 Å². The molecular formula is C12H21N3O. The topological polar surface area (TPSA) is 70.6 Å². The van der Waals surface area contributed by atoms with Crippen molar-refractivity contribution in [2.24, 2.45) is 34.6 Å². The first-order chi connectivity index (χ1) is 7.81. The van der Waals surface area contributed by atoms with E-state index in [4.69, 9.17) is 10.9 Å². The molecule has 0 aromatic rings. The molecule has 3 aliphatic carbocycles. The average molecular weight is 223 g/mol. The lowest BCUT2D eigenvalue weighted by Crippen LogP contribution is -2.25. The Bertz CT molecular complexity index is 289. The van der Waals surface area contributed by atoms with Crippen LogP contribution in [0, 0.1) is 23.7 Å². The molecule has 4 heteroatoms. The van der Waals surface area contributed by atoms with Gasteiger partial charge in [0.15, 0.2) is 0 Å². The first-order valence-corrected chi connectivity index (χ1v) is 6.51. The van der Waals surface area contributed by atoms with Gasteiger partial charge in [-0.15, -0.1) is 0 Å². The number of amidine groups is 1. The first kappa shape index (κ1) is 10.4. The predicted molar refractivity (Wildman–Crippen MR) is 62.2 cm³/mol. The van der Waals surface area contributed by atoms with Crippen LogP contribution in [0.5, 0.6) is 0 Å². The number of hydrogen-bond donors (Lipinski definition) is 3. The van der Waals surface area contributed by atoms with Gasteiger partial charge < -0.3 is 16.3 Å². The standard InChI is InChI=1S/C12H21N3O/c13-9(15-16)2-1-5-14-12-10-7-3-4-8(6-7)11(10)12/h7-8,10-12,14,16H,1-6H2,(H2,13,15). The van der Waals surface area contributed by atoms with E-state index in [0.29, 0.717) is 12.3 Å². The number of nitrogens with one attached hydrogen (secondary N) is 1. The van der Waals surface area contributed by atoms with Crippen molar-refractivity contribution in [2.45, 2.75) is 38.1 Å². The third-order valence-electron chi connectivity index (χ3n) is 4.85. The van der Waals surface area contributed by atoms with Crippen LogP contribution in [0.4, 0.5) is 0 Å². The van der Waals surface area contributed by atoms with Gasteiger partial charge in [-0.2, -0.15) is 0 Å². The molecular weight excluding hydrogens is 202 g/mol. The first-order valence-electron chi connectivity index (χ1n) is 6.51. The number of nitrogens with zero attached hydrogens (tertiary/aromatic N) is 1. The molecule has 2 bridgehead atoms. The molecule has 3 saturated carbocycles. The summed E-state index contributed by atoms with van der Waals surface area (Å²) in [5.74, 6) is 4.43. The second-order valence-electron chi connectivity index (χ2n) is 5.66. The van der Waals surface area contributed by atoms with E-state index in [9.17, 15) is 0 Å². The van der Waals surface area contributed by atoms with Gasteiger partial charge in [-0.25, -0.2) is 0 Å². The molecule has 4 unspecified atom stereocenters. The van der Waals surface area contributed by atoms with E-state index in [-0.39, 0.29) is 0 Å². The highest BCUT2D eigenvalue weighted by Crippen LogP contribution is 2.65. The third kappa shape index (κ3) is 1.59. The third-order valence-corrected chi connectivity index (χ3v) is 4.85. The van der Waals surface area contributed by atoms with Crippen molar-refractivity contribution in [3.05, 3.63) is 0 Å². The monoisotopic (exact) mass is 223 g/mol.